The Morgan fingerprint density at radius 2 is 1.79 bits per heavy atom. The van der Waals surface area contributed by atoms with Gasteiger partial charge in [0.2, 0.25) is 0 Å². The van der Waals surface area contributed by atoms with E-state index < -0.39 is 0 Å². The number of aryl methyl sites for hydroxylation is 1. The molecule has 0 fully saturated rings. The fraction of sp³-hybridized carbons (Fsp3) is 0.130. The van der Waals surface area contributed by atoms with Crippen molar-refractivity contribution in [2.75, 3.05) is 6.54 Å². The largest absolute Gasteiger partial charge is 0.352 e. The smallest absolute Gasteiger partial charge is 0.251 e. The van der Waals surface area contributed by atoms with Crippen LogP contribution in [0.15, 0.2) is 77.9 Å². The van der Waals surface area contributed by atoms with Crippen LogP contribution in [0, 0.1) is 6.92 Å². The highest BCUT2D eigenvalue weighted by molar-refractivity contribution is 5.94. The van der Waals surface area contributed by atoms with Gasteiger partial charge in [0, 0.05) is 41.3 Å². The van der Waals surface area contributed by atoms with Gasteiger partial charge >= 0.3 is 0 Å². The van der Waals surface area contributed by atoms with E-state index >= 15 is 0 Å². The zero-order valence-electron chi connectivity index (χ0n) is 15.6. The molecule has 0 radical (unpaired) electrons. The van der Waals surface area contributed by atoms with Gasteiger partial charge in [-0.15, -0.1) is 0 Å². The highest BCUT2D eigenvalue weighted by Crippen LogP contribution is 2.13. The number of fused-ring (bicyclic) bond motifs is 1. The third kappa shape index (κ3) is 3.74. The first-order valence-electron chi connectivity index (χ1n) is 9.24. The number of carbonyl (C=O) groups excluding carboxylic acids is 1. The first-order valence-corrected chi connectivity index (χ1v) is 9.24. The van der Waals surface area contributed by atoms with Gasteiger partial charge in [0.05, 0.1) is 0 Å². The Kier molecular flexibility index (Phi) is 4.81. The van der Waals surface area contributed by atoms with Crippen LogP contribution in [0.2, 0.25) is 0 Å². The van der Waals surface area contributed by atoms with Gasteiger partial charge in [0.1, 0.15) is 0 Å². The molecule has 140 valence electrons. The van der Waals surface area contributed by atoms with Crippen LogP contribution in [0.4, 0.5) is 0 Å². The van der Waals surface area contributed by atoms with E-state index in [0.717, 1.165) is 22.2 Å². The summed E-state index contributed by atoms with van der Waals surface area (Å²) in [6, 6.07) is 19.2. The SMILES string of the molecule is Cc1ccc2[nH]c(=O)c(CCNC(=O)c3ccc(-n4cccc4)cc3)cc2c1. The predicted molar refractivity (Wildman–Crippen MR) is 111 cm³/mol. The van der Waals surface area contributed by atoms with Gasteiger partial charge in [0.25, 0.3) is 11.5 Å². The molecule has 0 saturated carbocycles. The van der Waals surface area contributed by atoms with E-state index in [4.69, 9.17) is 0 Å². The van der Waals surface area contributed by atoms with Gasteiger partial charge in [-0.1, -0.05) is 11.6 Å². The fourth-order valence-electron chi connectivity index (χ4n) is 3.26. The van der Waals surface area contributed by atoms with Gasteiger partial charge < -0.3 is 14.9 Å². The molecule has 0 saturated heterocycles. The summed E-state index contributed by atoms with van der Waals surface area (Å²) in [4.78, 5) is 27.5. The summed E-state index contributed by atoms with van der Waals surface area (Å²) in [5, 5.41) is 3.89. The molecule has 1 amide bonds. The molecule has 0 aliphatic heterocycles. The Balaban J connectivity index is 1.41. The number of carbonyl (C=O) groups is 1. The van der Waals surface area contributed by atoms with E-state index in [1.165, 1.54) is 0 Å². The number of hydrogen-bond donors (Lipinski definition) is 2. The van der Waals surface area contributed by atoms with Crippen LogP contribution in [0.25, 0.3) is 16.6 Å². The maximum absolute atomic E-state index is 12.4. The molecule has 4 rings (SSSR count). The number of rotatable bonds is 5. The molecule has 5 nitrogen and oxygen atoms in total. The van der Waals surface area contributed by atoms with E-state index in [1.54, 1.807) is 12.1 Å². The third-order valence-corrected chi connectivity index (χ3v) is 4.79. The van der Waals surface area contributed by atoms with E-state index in [2.05, 4.69) is 10.3 Å². The molecule has 0 aliphatic rings. The fourth-order valence-corrected chi connectivity index (χ4v) is 3.26. The van der Waals surface area contributed by atoms with Crippen molar-refractivity contribution in [3.63, 3.8) is 0 Å². The molecule has 2 aromatic carbocycles. The molecular weight excluding hydrogens is 350 g/mol. The topological polar surface area (TPSA) is 66.9 Å². The number of pyridine rings is 1. The quantitative estimate of drug-likeness (QED) is 0.563. The van der Waals surface area contributed by atoms with Crippen molar-refractivity contribution in [3.05, 3.63) is 100 Å². The minimum absolute atomic E-state index is 0.110. The van der Waals surface area contributed by atoms with Gasteiger partial charge in [-0.25, -0.2) is 0 Å². The van der Waals surface area contributed by atoms with Crippen LogP contribution in [-0.2, 0) is 6.42 Å². The van der Waals surface area contributed by atoms with Crippen LogP contribution in [0.5, 0.6) is 0 Å². The Labute approximate surface area is 162 Å². The molecule has 0 spiro atoms. The van der Waals surface area contributed by atoms with Crippen molar-refractivity contribution in [3.8, 4) is 5.69 Å². The van der Waals surface area contributed by atoms with Crippen molar-refractivity contribution < 1.29 is 4.79 Å². The first kappa shape index (κ1) is 17.8. The van der Waals surface area contributed by atoms with Crippen molar-refractivity contribution in [1.82, 2.24) is 14.9 Å². The lowest BCUT2D eigenvalue weighted by atomic mass is 10.1. The number of aromatic amines is 1. The van der Waals surface area contributed by atoms with E-state index in [-0.39, 0.29) is 11.5 Å². The van der Waals surface area contributed by atoms with Crippen molar-refractivity contribution in [2.45, 2.75) is 13.3 Å². The predicted octanol–water partition coefficient (Wildman–Crippen LogP) is 3.60. The number of nitrogens with zero attached hydrogens (tertiary/aromatic N) is 1. The third-order valence-electron chi connectivity index (χ3n) is 4.79. The molecule has 0 aliphatic carbocycles. The van der Waals surface area contributed by atoms with E-state index in [0.29, 0.717) is 24.1 Å². The number of amides is 1. The maximum Gasteiger partial charge on any atom is 0.251 e. The summed E-state index contributed by atoms with van der Waals surface area (Å²) >= 11 is 0. The summed E-state index contributed by atoms with van der Waals surface area (Å²) in [5.41, 5.74) is 4.12. The number of hydrogen-bond acceptors (Lipinski definition) is 2. The highest BCUT2D eigenvalue weighted by Gasteiger charge is 2.07. The van der Waals surface area contributed by atoms with Crippen molar-refractivity contribution in [1.29, 1.82) is 0 Å². The minimum atomic E-state index is -0.146. The standard InChI is InChI=1S/C23H21N3O2/c1-16-4-9-21-19(14-16)15-18(23(28)25-21)10-11-24-22(27)17-5-7-20(8-6-17)26-12-2-3-13-26/h2-9,12-15H,10-11H2,1H3,(H,24,27)(H,25,28). The van der Waals surface area contributed by atoms with Gasteiger partial charge in [-0.3, -0.25) is 9.59 Å². The molecule has 0 unspecified atom stereocenters. The second-order valence-electron chi connectivity index (χ2n) is 6.86. The summed E-state index contributed by atoms with van der Waals surface area (Å²) in [5.74, 6) is -0.146. The molecule has 0 bridgehead atoms. The lowest BCUT2D eigenvalue weighted by molar-refractivity contribution is 0.0954. The van der Waals surface area contributed by atoms with Crippen LogP contribution >= 0.6 is 0 Å². The second kappa shape index (κ2) is 7.56. The Morgan fingerprint density at radius 1 is 1.04 bits per heavy atom. The molecule has 2 heterocycles. The average molecular weight is 371 g/mol. The summed E-state index contributed by atoms with van der Waals surface area (Å²) < 4.78 is 1.98. The number of H-pyrrole nitrogens is 1. The van der Waals surface area contributed by atoms with Crippen LogP contribution in [0.3, 0.4) is 0 Å². The van der Waals surface area contributed by atoms with E-state index in [9.17, 15) is 9.59 Å². The van der Waals surface area contributed by atoms with Gasteiger partial charge in [-0.05, 0) is 73.3 Å². The molecule has 2 N–H and O–H groups in total. The monoisotopic (exact) mass is 371 g/mol. The molecule has 5 heteroatoms. The molecule has 0 atom stereocenters. The van der Waals surface area contributed by atoms with Gasteiger partial charge in [0.15, 0.2) is 0 Å². The highest BCUT2D eigenvalue weighted by atomic mass is 16.1. The lowest BCUT2D eigenvalue weighted by Crippen LogP contribution is -2.27. The zero-order chi connectivity index (χ0) is 19.5. The molecular formula is C23H21N3O2. The van der Waals surface area contributed by atoms with E-state index in [1.807, 2.05) is 72.4 Å². The Morgan fingerprint density at radius 3 is 2.54 bits per heavy atom. The summed E-state index contributed by atoms with van der Waals surface area (Å²) in [6.45, 7) is 2.42. The van der Waals surface area contributed by atoms with Crippen LogP contribution < -0.4 is 10.9 Å². The van der Waals surface area contributed by atoms with Crippen molar-refractivity contribution in [2.24, 2.45) is 0 Å². The Bertz CT molecular complexity index is 1170. The first-order chi connectivity index (χ1) is 13.6. The molecule has 2 aromatic heterocycles. The molecule has 28 heavy (non-hydrogen) atoms. The second-order valence-corrected chi connectivity index (χ2v) is 6.86. The molecule has 4 aromatic rings. The van der Waals surface area contributed by atoms with Crippen LogP contribution in [0.1, 0.15) is 21.5 Å². The normalized spacial score (nSPS) is 10.9. The van der Waals surface area contributed by atoms with Crippen LogP contribution in [-0.4, -0.2) is 22.0 Å². The average Bonchev–Trinajstić information content (AvgIpc) is 3.23. The zero-order valence-corrected chi connectivity index (χ0v) is 15.6. The summed E-state index contributed by atoms with van der Waals surface area (Å²) in [6.07, 6.45) is 4.39. The van der Waals surface area contributed by atoms with Gasteiger partial charge in [-0.2, -0.15) is 0 Å². The maximum atomic E-state index is 12.4. The summed E-state index contributed by atoms with van der Waals surface area (Å²) in [7, 11) is 0. The lowest BCUT2D eigenvalue weighted by Gasteiger charge is -2.08. The Hall–Kier alpha value is -3.60. The van der Waals surface area contributed by atoms with Crippen molar-refractivity contribution >= 4 is 16.8 Å². The number of aromatic nitrogens is 2. The number of benzene rings is 2. The number of nitrogens with one attached hydrogen (secondary N) is 2. The minimum Gasteiger partial charge on any atom is -0.352 e.